The molecule has 6 nitrogen and oxygen atoms in total. The Morgan fingerprint density at radius 2 is 1.67 bits per heavy atom. The normalized spacial score (nSPS) is 10.9. The van der Waals surface area contributed by atoms with Crippen LogP contribution in [-0.4, -0.2) is 23.5 Å². The van der Waals surface area contributed by atoms with Gasteiger partial charge in [-0.05, 0) is 23.8 Å². The van der Waals surface area contributed by atoms with Crippen LogP contribution in [0.3, 0.4) is 0 Å². The van der Waals surface area contributed by atoms with Crippen molar-refractivity contribution in [3.05, 3.63) is 90.8 Å². The Hall–Kier alpha value is -4.19. The van der Waals surface area contributed by atoms with Gasteiger partial charge >= 0.3 is 5.97 Å². The Kier molecular flexibility index (Phi) is 5.66. The Morgan fingerprint density at radius 1 is 0.933 bits per heavy atom. The summed E-state index contributed by atoms with van der Waals surface area (Å²) in [6, 6.07) is 24.4. The van der Waals surface area contributed by atoms with E-state index in [4.69, 9.17) is 9.15 Å². The average molecular weight is 398 g/mol. The molecule has 0 unspecified atom stereocenters. The highest BCUT2D eigenvalue weighted by molar-refractivity contribution is 5.97. The molecule has 0 bridgehead atoms. The maximum absolute atomic E-state index is 12.2. The van der Waals surface area contributed by atoms with Crippen LogP contribution in [0.1, 0.15) is 5.89 Å². The monoisotopic (exact) mass is 398 g/mol. The Labute approximate surface area is 172 Å². The summed E-state index contributed by atoms with van der Waals surface area (Å²) < 4.78 is 10.5. The highest BCUT2D eigenvalue weighted by Crippen LogP contribution is 2.27. The van der Waals surface area contributed by atoms with Crippen molar-refractivity contribution in [2.24, 2.45) is 0 Å². The van der Waals surface area contributed by atoms with Gasteiger partial charge in [0.25, 0.3) is 5.91 Å². The van der Waals surface area contributed by atoms with Crippen LogP contribution in [0.5, 0.6) is 0 Å². The summed E-state index contributed by atoms with van der Waals surface area (Å²) in [7, 11) is 0. The number of para-hydroxylation sites is 3. The number of hydrogen-bond acceptors (Lipinski definition) is 5. The third-order valence-corrected chi connectivity index (χ3v) is 4.30. The van der Waals surface area contributed by atoms with E-state index in [2.05, 4.69) is 10.3 Å². The minimum absolute atomic E-state index is 0.286. The minimum atomic E-state index is -0.663. The zero-order chi connectivity index (χ0) is 20.8. The first-order valence-corrected chi connectivity index (χ1v) is 9.34. The number of benzene rings is 3. The number of oxazole rings is 1. The molecule has 6 heteroatoms. The molecule has 4 rings (SSSR count). The van der Waals surface area contributed by atoms with Crippen LogP contribution in [0, 0.1) is 0 Å². The molecule has 0 radical (unpaired) electrons. The number of amides is 1. The molecule has 0 spiro atoms. The van der Waals surface area contributed by atoms with Crippen molar-refractivity contribution in [2.45, 2.75) is 0 Å². The molecule has 3 aromatic carbocycles. The van der Waals surface area contributed by atoms with E-state index in [-0.39, 0.29) is 5.89 Å². The molecule has 1 aromatic heterocycles. The van der Waals surface area contributed by atoms with Crippen LogP contribution >= 0.6 is 0 Å². The van der Waals surface area contributed by atoms with E-state index in [0.29, 0.717) is 16.8 Å². The van der Waals surface area contributed by atoms with Gasteiger partial charge < -0.3 is 14.5 Å². The number of nitrogens with zero attached hydrogens (tertiary/aromatic N) is 1. The lowest BCUT2D eigenvalue weighted by Crippen LogP contribution is -2.20. The number of nitrogens with one attached hydrogen (secondary N) is 1. The van der Waals surface area contributed by atoms with Gasteiger partial charge in [-0.15, -0.1) is 0 Å². The Balaban J connectivity index is 1.34. The first kappa shape index (κ1) is 19.1. The fourth-order valence-electron chi connectivity index (χ4n) is 2.93. The first-order valence-electron chi connectivity index (χ1n) is 9.34. The number of carbonyl (C=O) groups is 2. The van der Waals surface area contributed by atoms with E-state index >= 15 is 0 Å². The second-order valence-electron chi connectivity index (χ2n) is 6.42. The SMILES string of the molecule is O=C(COC(=O)/C=C/c1nc2ccccc2o1)Nc1ccccc1-c1ccccc1. The number of esters is 1. The first-order chi connectivity index (χ1) is 14.7. The fourth-order valence-corrected chi connectivity index (χ4v) is 2.93. The van der Waals surface area contributed by atoms with Crippen molar-refractivity contribution < 1.29 is 18.7 Å². The largest absolute Gasteiger partial charge is 0.452 e. The van der Waals surface area contributed by atoms with E-state index in [9.17, 15) is 9.59 Å². The van der Waals surface area contributed by atoms with Gasteiger partial charge in [0.05, 0.1) is 0 Å². The summed E-state index contributed by atoms with van der Waals surface area (Å²) in [5.41, 5.74) is 3.83. The van der Waals surface area contributed by atoms with Crippen molar-refractivity contribution in [1.29, 1.82) is 0 Å². The lowest BCUT2D eigenvalue weighted by Gasteiger charge is -2.11. The molecule has 148 valence electrons. The zero-order valence-corrected chi connectivity index (χ0v) is 15.9. The molecule has 0 aliphatic carbocycles. The van der Waals surface area contributed by atoms with Gasteiger partial charge in [0.1, 0.15) is 5.52 Å². The number of carbonyl (C=O) groups excluding carboxylic acids is 2. The second kappa shape index (κ2) is 8.87. The molecule has 0 saturated heterocycles. The number of aromatic nitrogens is 1. The smallest absolute Gasteiger partial charge is 0.331 e. The van der Waals surface area contributed by atoms with Gasteiger partial charge in [0.2, 0.25) is 5.89 Å². The fraction of sp³-hybridized carbons (Fsp3) is 0.0417. The summed E-state index contributed by atoms with van der Waals surface area (Å²) >= 11 is 0. The van der Waals surface area contributed by atoms with Crippen molar-refractivity contribution in [1.82, 2.24) is 4.98 Å². The molecule has 4 aromatic rings. The van der Waals surface area contributed by atoms with E-state index in [1.165, 1.54) is 12.2 Å². The lowest BCUT2D eigenvalue weighted by molar-refractivity contribution is -0.142. The topological polar surface area (TPSA) is 81.4 Å². The molecule has 0 aliphatic rings. The Bertz CT molecular complexity index is 1180. The van der Waals surface area contributed by atoms with Crippen molar-refractivity contribution >= 4 is 34.7 Å². The molecule has 30 heavy (non-hydrogen) atoms. The maximum Gasteiger partial charge on any atom is 0.331 e. The molecule has 0 saturated carbocycles. The van der Waals surface area contributed by atoms with Crippen LogP contribution in [0.25, 0.3) is 28.3 Å². The number of fused-ring (bicyclic) bond motifs is 1. The van der Waals surface area contributed by atoms with E-state index < -0.39 is 18.5 Å². The molecule has 1 amide bonds. The highest BCUT2D eigenvalue weighted by Gasteiger charge is 2.10. The molecular formula is C24H18N2O4. The van der Waals surface area contributed by atoms with Crippen LogP contribution in [0.4, 0.5) is 5.69 Å². The molecular weight excluding hydrogens is 380 g/mol. The summed E-state index contributed by atoms with van der Waals surface area (Å²) in [6.07, 6.45) is 2.58. The predicted octanol–water partition coefficient (Wildman–Crippen LogP) is 4.69. The second-order valence-corrected chi connectivity index (χ2v) is 6.42. The third kappa shape index (κ3) is 4.62. The number of hydrogen-bond donors (Lipinski definition) is 1. The van der Waals surface area contributed by atoms with E-state index in [1.807, 2.05) is 66.7 Å². The van der Waals surface area contributed by atoms with Crippen LogP contribution < -0.4 is 5.32 Å². The van der Waals surface area contributed by atoms with Gasteiger partial charge in [-0.3, -0.25) is 4.79 Å². The van der Waals surface area contributed by atoms with Crippen molar-refractivity contribution in [3.63, 3.8) is 0 Å². The average Bonchev–Trinajstić information content (AvgIpc) is 3.20. The summed E-state index contributed by atoms with van der Waals surface area (Å²) in [5, 5.41) is 2.78. The maximum atomic E-state index is 12.2. The molecule has 0 atom stereocenters. The molecule has 1 N–H and O–H groups in total. The number of rotatable bonds is 6. The zero-order valence-electron chi connectivity index (χ0n) is 15.9. The van der Waals surface area contributed by atoms with Gasteiger partial charge in [-0.2, -0.15) is 0 Å². The molecule has 0 aliphatic heterocycles. The van der Waals surface area contributed by atoms with Crippen LogP contribution in [0.2, 0.25) is 0 Å². The highest BCUT2D eigenvalue weighted by atomic mass is 16.5. The quantitative estimate of drug-likeness (QED) is 0.376. The lowest BCUT2D eigenvalue weighted by atomic mass is 10.0. The van der Waals surface area contributed by atoms with Gasteiger partial charge in [0, 0.05) is 23.4 Å². The van der Waals surface area contributed by atoms with Crippen LogP contribution in [0.15, 0.2) is 89.4 Å². The summed E-state index contributed by atoms with van der Waals surface area (Å²) in [5.74, 6) is -0.805. The summed E-state index contributed by atoms with van der Waals surface area (Å²) in [4.78, 5) is 28.4. The molecule has 0 fully saturated rings. The van der Waals surface area contributed by atoms with Crippen molar-refractivity contribution in [2.75, 3.05) is 11.9 Å². The van der Waals surface area contributed by atoms with Crippen molar-refractivity contribution in [3.8, 4) is 11.1 Å². The van der Waals surface area contributed by atoms with Gasteiger partial charge in [-0.1, -0.05) is 60.7 Å². The Morgan fingerprint density at radius 3 is 2.50 bits per heavy atom. The van der Waals surface area contributed by atoms with E-state index in [1.54, 1.807) is 12.1 Å². The number of ether oxygens (including phenoxy) is 1. The predicted molar refractivity (Wildman–Crippen MR) is 115 cm³/mol. The third-order valence-electron chi connectivity index (χ3n) is 4.30. The van der Waals surface area contributed by atoms with Gasteiger partial charge in [0.15, 0.2) is 12.2 Å². The minimum Gasteiger partial charge on any atom is -0.452 e. The number of anilines is 1. The van der Waals surface area contributed by atoms with Gasteiger partial charge in [-0.25, -0.2) is 9.78 Å². The van der Waals surface area contributed by atoms with E-state index in [0.717, 1.165) is 11.1 Å². The summed E-state index contributed by atoms with van der Waals surface area (Å²) in [6.45, 7) is -0.403. The molecule has 1 heterocycles. The standard InChI is InChI=1S/C24H18N2O4/c27-22(25-19-11-5-4-10-18(19)17-8-2-1-3-9-17)16-29-24(28)15-14-23-26-20-12-6-7-13-21(20)30-23/h1-15H,16H2,(H,25,27)/b15-14+. The van der Waals surface area contributed by atoms with Crippen LogP contribution in [-0.2, 0) is 14.3 Å².